The van der Waals surface area contributed by atoms with E-state index in [0.29, 0.717) is 28.7 Å². The first-order valence-corrected chi connectivity index (χ1v) is 10.7. The summed E-state index contributed by atoms with van der Waals surface area (Å²) >= 11 is 0. The first-order chi connectivity index (χ1) is 16.2. The molecule has 0 bridgehead atoms. The number of hydrogen-bond acceptors (Lipinski definition) is 7. The second kappa shape index (κ2) is 7.63. The molecule has 3 aromatic heterocycles. The number of aromatic nitrogens is 4. The molecule has 3 N–H and O–H groups in total. The average molecular weight is 440 g/mol. The van der Waals surface area contributed by atoms with Gasteiger partial charge in [0.1, 0.15) is 29.7 Å². The highest BCUT2D eigenvalue weighted by molar-refractivity contribution is 6.08. The fraction of sp³-hybridized carbons (Fsp3) is 0.167. The lowest BCUT2D eigenvalue weighted by atomic mass is 9.98. The van der Waals surface area contributed by atoms with Gasteiger partial charge in [-0.25, -0.2) is 9.97 Å². The minimum Gasteiger partial charge on any atom is -0.507 e. The highest BCUT2D eigenvalue weighted by atomic mass is 16.3. The van der Waals surface area contributed by atoms with Crippen molar-refractivity contribution in [3.63, 3.8) is 0 Å². The van der Waals surface area contributed by atoms with Gasteiger partial charge in [-0.15, -0.1) is 0 Å². The Kier molecular flexibility index (Phi) is 4.46. The van der Waals surface area contributed by atoms with Gasteiger partial charge >= 0.3 is 0 Å². The fourth-order valence-electron chi connectivity index (χ4n) is 4.60. The second-order valence-electron chi connectivity index (χ2n) is 8.04. The van der Waals surface area contributed by atoms with Crippen LogP contribution < -0.4 is 10.2 Å². The standard InChI is InChI=1S/C24H20N6O3/c31-19-6-3-7-20-21(19)17(12-33-20)24(32)25-9-8-14-11-30(18-5-2-1-4-15(14)18)23-16-10-28-29-22(16)26-13-27-23/h1-7,10,12-14,31H,8-9,11H2,(H,25,32)(H,26,27,28,29). The van der Waals surface area contributed by atoms with Gasteiger partial charge in [0.25, 0.3) is 5.91 Å². The molecule has 6 rings (SSSR count). The zero-order chi connectivity index (χ0) is 22.4. The zero-order valence-corrected chi connectivity index (χ0v) is 17.5. The van der Waals surface area contributed by atoms with Crippen molar-refractivity contribution in [3.8, 4) is 5.75 Å². The molecular weight excluding hydrogens is 420 g/mol. The van der Waals surface area contributed by atoms with Crippen LogP contribution in [0, 0.1) is 0 Å². The molecule has 0 aliphatic carbocycles. The lowest BCUT2D eigenvalue weighted by molar-refractivity contribution is 0.0953. The van der Waals surface area contributed by atoms with Crippen LogP contribution in [0.1, 0.15) is 28.3 Å². The number of amides is 1. The Bertz CT molecular complexity index is 1490. The van der Waals surface area contributed by atoms with E-state index in [1.165, 1.54) is 18.2 Å². The molecule has 1 atom stereocenters. The Balaban J connectivity index is 1.21. The van der Waals surface area contributed by atoms with Crippen LogP contribution in [0.2, 0.25) is 0 Å². The summed E-state index contributed by atoms with van der Waals surface area (Å²) in [5, 5.41) is 21.4. The number of para-hydroxylation sites is 1. The molecule has 1 aliphatic rings. The summed E-state index contributed by atoms with van der Waals surface area (Å²) in [6, 6.07) is 13.2. The van der Waals surface area contributed by atoms with E-state index in [1.54, 1.807) is 24.4 Å². The van der Waals surface area contributed by atoms with Gasteiger partial charge in [-0.3, -0.25) is 9.89 Å². The van der Waals surface area contributed by atoms with Crippen LogP contribution in [0.4, 0.5) is 11.5 Å². The number of hydrogen-bond donors (Lipinski definition) is 3. The molecule has 0 radical (unpaired) electrons. The average Bonchev–Trinajstić information content (AvgIpc) is 3.56. The van der Waals surface area contributed by atoms with Gasteiger partial charge < -0.3 is 19.7 Å². The molecule has 0 saturated carbocycles. The monoisotopic (exact) mass is 440 g/mol. The Hall–Kier alpha value is -4.40. The molecule has 0 spiro atoms. The largest absolute Gasteiger partial charge is 0.507 e. The topological polar surface area (TPSA) is 120 Å². The molecular formula is C24H20N6O3. The highest BCUT2D eigenvalue weighted by Gasteiger charge is 2.31. The van der Waals surface area contributed by atoms with E-state index >= 15 is 0 Å². The Morgan fingerprint density at radius 3 is 3.06 bits per heavy atom. The lowest BCUT2D eigenvalue weighted by Gasteiger charge is -2.19. The van der Waals surface area contributed by atoms with Crippen molar-refractivity contribution >= 4 is 39.4 Å². The molecule has 0 saturated heterocycles. The number of phenols is 1. The van der Waals surface area contributed by atoms with Gasteiger partial charge in [0.2, 0.25) is 0 Å². The molecule has 9 nitrogen and oxygen atoms in total. The maximum atomic E-state index is 12.8. The summed E-state index contributed by atoms with van der Waals surface area (Å²) in [6.45, 7) is 1.22. The summed E-state index contributed by atoms with van der Waals surface area (Å²) in [4.78, 5) is 23.7. The number of phenolic OH excluding ortho intramolecular Hbond substituents is 1. The van der Waals surface area contributed by atoms with Gasteiger partial charge in [-0.05, 0) is 30.2 Å². The molecule has 164 valence electrons. The number of carbonyl (C=O) groups is 1. The van der Waals surface area contributed by atoms with Crippen molar-refractivity contribution in [1.29, 1.82) is 0 Å². The van der Waals surface area contributed by atoms with Crippen molar-refractivity contribution in [2.24, 2.45) is 0 Å². The third-order valence-electron chi connectivity index (χ3n) is 6.15. The number of benzene rings is 2. The van der Waals surface area contributed by atoms with E-state index in [2.05, 4.69) is 42.5 Å². The number of H-pyrrole nitrogens is 1. The number of fused-ring (bicyclic) bond motifs is 3. The van der Waals surface area contributed by atoms with E-state index in [9.17, 15) is 9.90 Å². The summed E-state index contributed by atoms with van der Waals surface area (Å²) in [7, 11) is 0. The van der Waals surface area contributed by atoms with E-state index in [1.807, 2.05) is 12.1 Å². The van der Waals surface area contributed by atoms with Crippen molar-refractivity contribution < 1.29 is 14.3 Å². The second-order valence-corrected chi connectivity index (χ2v) is 8.04. The van der Waals surface area contributed by atoms with E-state index in [-0.39, 0.29) is 17.6 Å². The summed E-state index contributed by atoms with van der Waals surface area (Å²) in [5.74, 6) is 0.789. The van der Waals surface area contributed by atoms with Crippen LogP contribution in [0.15, 0.2) is 65.7 Å². The predicted octanol–water partition coefficient (Wildman–Crippen LogP) is 3.86. The Morgan fingerprint density at radius 2 is 2.12 bits per heavy atom. The third kappa shape index (κ3) is 3.16. The molecule has 4 heterocycles. The first kappa shape index (κ1) is 19.3. The number of nitrogens with one attached hydrogen (secondary N) is 2. The van der Waals surface area contributed by atoms with Gasteiger partial charge in [0.05, 0.1) is 22.5 Å². The third-order valence-corrected chi connectivity index (χ3v) is 6.15. The number of aromatic amines is 1. The SMILES string of the molecule is O=C(NCCC1CN(c2ncnc3[nH]ncc23)c2ccccc21)c1coc2cccc(O)c12. The molecule has 2 aromatic carbocycles. The molecule has 1 unspecified atom stereocenters. The number of rotatable bonds is 5. The van der Waals surface area contributed by atoms with Gasteiger partial charge in [-0.1, -0.05) is 24.3 Å². The van der Waals surface area contributed by atoms with Crippen molar-refractivity contribution in [2.75, 3.05) is 18.0 Å². The number of nitrogens with zero attached hydrogens (tertiary/aromatic N) is 4. The van der Waals surface area contributed by atoms with Crippen LogP contribution in [0.3, 0.4) is 0 Å². The van der Waals surface area contributed by atoms with Crippen LogP contribution >= 0.6 is 0 Å². The number of aromatic hydroxyl groups is 1. The minimum absolute atomic E-state index is 0.0298. The number of anilines is 2. The van der Waals surface area contributed by atoms with Crippen LogP contribution in [0.25, 0.3) is 22.0 Å². The zero-order valence-electron chi connectivity index (χ0n) is 17.5. The molecule has 1 aliphatic heterocycles. The Morgan fingerprint density at radius 1 is 1.21 bits per heavy atom. The molecule has 5 aromatic rings. The van der Waals surface area contributed by atoms with Crippen molar-refractivity contribution in [1.82, 2.24) is 25.5 Å². The van der Waals surface area contributed by atoms with Crippen LogP contribution in [-0.2, 0) is 0 Å². The van der Waals surface area contributed by atoms with E-state index in [4.69, 9.17) is 4.42 Å². The van der Waals surface area contributed by atoms with Crippen molar-refractivity contribution in [2.45, 2.75) is 12.3 Å². The Labute approximate surface area is 188 Å². The van der Waals surface area contributed by atoms with Gasteiger partial charge in [-0.2, -0.15) is 5.10 Å². The summed E-state index contributed by atoms with van der Waals surface area (Å²) in [5.41, 5.74) is 3.83. The van der Waals surface area contributed by atoms with Crippen LogP contribution in [0.5, 0.6) is 5.75 Å². The normalized spacial score (nSPS) is 15.3. The van der Waals surface area contributed by atoms with Gasteiger partial charge in [0, 0.05) is 24.7 Å². The molecule has 33 heavy (non-hydrogen) atoms. The molecule has 1 amide bonds. The summed E-state index contributed by atoms with van der Waals surface area (Å²) < 4.78 is 5.42. The summed E-state index contributed by atoms with van der Waals surface area (Å²) in [6.07, 6.45) is 5.42. The van der Waals surface area contributed by atoms with Gasteiger partial charge in [0.15, 0.2) is 5.65 Å². The number of carbonyl (C=O) groups excluding carboxylic acids is 1. The van der Waals surface area contributed by atoms with Crippen molar-refractivity contribution in [3.05, 3.63) is 72.4 Å². The maximum absolute atomic E-state index is 12.8. The fourth-order valence-corrected chi connectivity index (χ4v) is 4.60. The van der Waals surface area contributed by atoms with Crippen LogP contribution in [-0.4, -0.2) is 44.3 Å². The quantitative estimate of drug-likeness (QED) is 0.379. The lowest BCUT2D eigenvalue weighted by Crippen LogP contribution is -2.26. The van der Waals surface area contributed by atoms with E-state index < -0.39 is 0 Å². The van der Waals surface area contributed by atoms with E-state index in [0.717, 1.165) is 29.9 Å². The predicted molar refractivity (Wildman–Crippen MR) is 123 cm³/mol. The molecule has 9 heteroatoms. The smallest absolute Gasteiger partial charge is 0.255 e. The number of furan rings is 1. The molecule has 0 fully saturated rings. The minimum atomic E-state index is -0.269. The maximum Gasteiger partial charge on any atom is 0.255 e. The highest BCUT2D eigenvalue weighted by Crippen LogP contribution is 2.42. The first-order valence-electron chi connectivity index (χ1n) is 10.7.